The van der Waals surface area contributed by atoms with E-state index in [4.69, 9.17) is 5.53 Å². The monoisotopic (exact) mass is 251 g/mol. The van der Waals surface area contributed by atoms with E-state index in [9.17, 15) is 0 Å². The zero-order chi connectivity index (χ0) is 12.8. The number of nitrogens with zero attached hydrogens (tertiary/aromatic N) is 6. The lowest BCUT2D eigenvalue weighted by Gasteiger charge is -1.94. The molecule has 4 aromatic rings. The van der Waals surface area contributed by atoms with Crippen LogP contribution in [0.1, 0.15) is 0 Å². The van der Waals surface area contributed by atoms with Gasteiger partial charge in [0.05, 0.1) is 10.9 Å². The molecule has 8 heteroatoms. The van der Waals surface area contributed by atoms with Gasteiger partial charge in [-0.25, -0.2) is 0 Å². The molecule has 90 valence electrons. The van der Waals surface area contributed by atoms with E-state index in [2.05, 4.69) is 30.3 Å². The molecule has 4 rings (SSSR count). The number of rotatable bonds is 1. The summed E-state index contributed by atoms with van der Waals surface area (Å²) in [6, 6.07) is 7.80. The Bertz CT molecular complexity index is 972. The van der Waals surface area contributed by atoms with Gasteiger partial charge in [0.1, 0.15) is 11.9 Å². The van der Waals surface area contributed by atoms with Crippen LogP contribution in [-0.4, -0.2) is 24.8 Å². The highest BCUT2D eigenvalue weighted by molar-refractivity contribution is 6.15. The summed E-state index contributed by atoms with van der Waals surface area (Å²) in [4.78, 5) is 6.36. The second-order valence-corrected chi connectivity index (χ2v) is 4.04. The number of aromatic amines is 1. The van der Waals surface area contributed by atoms with E-state index in [1.54, 1.807) is 0 Å². The quantitative estimate of drug-likeness (QED) is 0.398. The summed E-state index contributed by atoms with van der Waals surface area (Å²) in [5.74, 6) is 0.370. The van der Waals surface area contributed by atoms with Gasteiger partial charge in [0.15, 0.2) is 5.11 Å². The minimum atomic E-state index is 0.370. The summed E-state index contributed by atoms with van der Waals surface area (Å²) in [5, 5.41) is 17.7. The van der Waals surface area contributed by atoms with E-state index in [0.717, 1.165) is 21.8 Å². The molecule has 0 fully saturated rings. The van der Waals surface area contributed by atoms with Gasteiger partial charge in [0, 0.05) is 10.9 Å². The molecule has 0 saturated carbocycles. The summed E-state index contributed by atoms with van der Waals surface area (Å²) >= 11 is 0. The topological polar surface area (TPSA) is 109 Å². The average Bonchev–Trinajstić information content (AvgIpc) is 3.02. The first-order valence-electron chi connectivity index (χ1n) is 5.56. The average molecular weight is 251 g/mol. The molecule has 8 nitrogen and oxygen atoms in total. The van der Waals surface area contributed by atoms with Gasteiger partial charge in [-0.1, -0.05) is 18.2 Å². The molecule has 2 N–H and O–H groups in total. The van der Waals surface area contributed by atoms with Gasteiger partial charge < -0.3 is 4.98 Å². The Balaban J connectivity index is 2.37. The zero-order valence-corrected chi connectivity index (χ0v) is 9.57. The zero-order valence-electron chi connectivity index (χ0n) is 9.57. The normalized spacial score (nSPS) is 11.2. The molecular formula is C11H7N8+. The highest BCUT2D eigenvalue weighted by Gasteiger charge is 2.17. The lowest BCUT2D eigenvalue weighted by atomic mass is 10.2. The number of benzene rings is 1. The number of nitrogens with one attached hydrogen (secondary N) is 2. The Morgan fingerprint density at radius 3 is 3.11 bits per heavy atom. The first-order chi connectivity index (χ1) is 9.38. The van der Waals surface area contributed by atoms with Crippen LogP contribution in [0.2, 0.25) is 0 Å². The predicted molar refractivity (Wildman–Crippen MR) is 67.1 cm³/mol. The summed E-state index contributed by atoms with van der Waals surface area (Å²) in [6.07, 6.45) is 1.49. The van der Waals surface area contributed by atoms with E-state index in [1.165, 1.54) is 10.8 Å². The van der Waals surface area contributed by atoms with Crippen LogP contribution >= 0.6 is 0 Å². The van der Waals surface area contributed by atoms with Crippen molar-refractivity contribution in [3.05, 3.63) is 30.6 Å². The highest BCUT2D eigenvalue weighted by atomic mass is 15.4. The molecular weight excluding hydrogens is 244 g/mol. The van der Waals surface area contributed by atoms with Crippen molar-refractivity contribution in [1.82, 2.24) is 29.7 Å². The number of H-pyrrole nitrogens is 1. The number of fused-ring (bicyclic) bond motifs is 5. The molecule has 3 heterocycles. The van der Waals surface area contributed by atoms with Crippen molar-refractivity contribution in [3.63, 3.8) is 0 Å². The molecule has 0 aliphatic rings. The Morgan fingerprint density at radius 2 is 2.21 bits per heavy atom. The summed E-state index contributed by atoms with van der Waals surface area (Å²) in [7, 11) is 0. The molecule has 0 bridgehead atoms. The van der Waals surface area contributed by atoms with Gasteiger partial charge in [-0.3, -0.25) is 0 Å². The standard InChI is InChI=1S/C11H7N8/c12-18-15-10-8-6-3-1-2-4-7(6)14-9(8)11-16-13-5-19(11)17-10/h1-5,12,14H/q+1. The molecule has 0 saturated heterocycles. The van der Waals surface area contributed by atoms with Crippen molar-refractivity contribution in [1.29, 1.82) is 5.53 Å². The highest BCUT2D eigenvalue weighted by Crippen LogP contribution is 2.32. The van der Waals surface area contributed by atoms with Crippen molar-refractivity contribution in [2.75, 3.05) is 0 Å². The molecule has 0 atom stereocenters. The molecule has 0 spiro atoms. The number of hydrogen-bond acceptors (Lipinski definition) is 5. The third kappa shape index (κ3) is 1.23. The molecule has 0 aliphatic carbocycles. The summed E-state index contributed by atoms with van der Waals surface area (Å²) in [5.41, 5.74) is 9.28. The van der Waals surface area contributed by atoms with Gasteiger partial charge in [-0.05, 0) is 6.07 Å². The minimum absolute atomic E-state index is 0.370. The predicted octanol–water partition coefficient (Wildman–Crippen LogP) is 1.94. The molecule has 3 aromatic heterocycles. The number of para-hydroxylation sites is 1. The van der Waals surface area contributed by atoms with Crippen molar-refractivity contribution < 1.29 is 0 Å². The van der Waals surface area contributed by atoms with Crippen LogP contribution in [0.15, 0.2) is 35.7 Å². The third-order valence-electron chi connectivity index (χ3n) is 3.03. The fourth-order valence-corrected chi connectivity index (χ4v) is 2.28. The number of aromatic nitrogens is 5. The van der Waals surface area contributed by atoms with Crippen LogP contribution < -0.4 is 4.91 Å². The van der Waals surface area contributed by atoms with E-state index >= 15 is 0 Å². The van der Waals surface area contributed by atoms with Crippen molar-refractivity contribution in [3.8, 4) is 0 Å². The van der Waals surface area contributed by atoms with E-state index in [1.807, 2.05) is 24.3 Å². The maximum Gasteiger partial charge on any atom is 0.270 e. The van der Waals surface area contributed by atoms with Crippen molar-refractivity contribution in [2.24, 2.45) is 5.11 Å². The Hall–Kier alpha value is -3.12. The van der Waals surface area contributed by atoms with Crippen LogP contribution in [0.3, 0.4) is 0 Å². The van der Waals surface area contributed by atoms with E-state index in [-0.39, 0.29) is 0 Å². The molecule has 0 radical (unpaired) electrons. The Kier molecular flexibility index (Phi) is 1.78. The van der Waals surface area contributed by atoms with Gasteiger partial charge in [-0.2, -0.15) is 4.52 Å². The maximum atomic E-state index is 6.92. The van der Waals surface area contributed by atoms with Gasteiger partial charge >= 0.3 is 0 Å². The first-order valence-corrected chi connectivity index (χ1v) is 5.56. The van der Waals surface area contributed by atoms with Gasteiger partial charge in [-0.15, -0.1) is 15.3 Å². The minimum Gasteiger partial charge on any atom is -0.351 e. The van der Waals surface area contributed by atoms with Crippen molar-refractivity contribution >= 4 is 33.3 Å². The lowest BCUT2D eigenvalue weighted by molar-refractivity contribution is 0.897. The SMILES string of the molecule is N=[N+]=Nc1nn2cnnc2c2[nH]c3ccccc3c12. The smallest absolute Gasteiger partial charge is 0.270 e. The molecule has 1 aromatic carbocycles. The van der Waals surface area contributed by atoms with Crippen LogP contribution in [0.25, 0.3) is 27.5 Å². The van der Waals surface area contributed by atoms with E-state index in [0.29, 0.717) is 11.5 Å². The second kappa shape index (κ2) is 3.44. The summed E-state index contributed by atoms with van der Waals surface area (Å²) < 4.78 is 1.52. The van der Waals surface area contributed by atoms with Gasteiger partial charge in [0.25, 0.3) is 5.82 Å². The van der Waals surface area contributed by atoms with E-state index < -0.39 is 0 Å². The van der Waals surface area contributed by atoms with Crippen LogP contribution in [-0.2, 0) is 0 Å². The largest absolute Gasteiger partial charge is 0.351 e. The number of hydrogen-bond donors (Lipinski definition) is 2. The molecule has 0 unspecified atom stereocenters. The Morgan fingerprint density at radius 1 is 1.32 bits per heavy atom. The fourth-order valence-electron chi connectivity index (χ4n) is 2.28. The fraction of sp³-hybridized carbons (Fsp3) is 0. The third-order valence-corrected chi connectivity index (χ3v) is 3.03. The Labute approximate surface area is 105 Å². The van der Waals surface area contributed by atoms with Crippen LogP contribution in [0.4, 0.5) is 5.82 Å². The molecule has 0 amide bonds. The second-order valence-electron chi connectivity index (χ2n) is 4.04. The van der Waals surface area contributed by atoms with Gasteiger partial charge in [0.2, 0.25) is 10.6 Å². The first kappa shape index (κ1) is 9.86. The maximum absolute atomic E-state index is 6.92. The molecule has 0 aliphatic heterocycles. The van der Waals surface area contributed by atoms with Crippen LogP contribution in [0, 0.1) is 5.53 Å². The molecule has 19 heavy (non-hydrogen) atoms. The van der Waals surface area contributed by atoms with Crippen molar-refractivity contribution in [2.45, 2.75) is 0 Å². The summed E-state index contributed by atoms with van der Waals surface area (Å²) in [6.45, 7) is 0. The lowest BCUT2D eigenvalue weighted by Crippen LogP contribution is -1.91. The van der Waals surface area contributed by atoms with Crippen LogP contribution in [0.5, 0.6) is 0 Å².